The highest BCUT2D eigenvalue weighted by atomic mass is 16.7. The molecule has 0 unspecified atom stereocenters. The fourth-order valence-electron chi connectivity index (χ4n) is 0.831. The molecule has 0 atom stereocenters. The van der Waals surface area contributed by atoms with E-state index in [9.17, 15) is 4.79 Å². The van der Waals surface area contributed by atoms with E-state index < -0.39 is 6.16 Å². The lowest BCUT2D eigenvalue weighted by atomic mass is 10.3. The molecule has 0 radical (unpaired) electrons. The molecule has 0 saturated carbocycles. The molecule has 1 N–H and O–H groups in total. The Kier molecular flexibility index (Phi) is 4.08. The van der Waals surface area contributed by atoms with E-state index in [4.69, 9.17) is 10.00 Å². The summed E-state index contributed by atoms with van der Waals surface area (Å²) in [6.45, 7) is 0.0614. The van der Waals surface area contributed by atoms with Crippen molar-refractivity contribution in [3.8, 4) is 6.07 Å². The third-order valence-corrected chi connectivity index (χ3v) is 1.43. The van der Waals surface area contributed by atoms with Crippen LogP contribution in [0.4, 0.5) is 4.79 Å². The molecule has 0 aliphatic carbocycles. The van der Waals surface area contributed by atoms with Crippen LogP contribution in [-0.2, 0) is 9.47 Å². The van der Waals surface area contributed by atoms with Crippen molar-refractivity contribution in [2.45, 2.75) is 12.8 Å². The van der Waals surface area contributed by atoms with Crippen LogP contribution in [0.2, 0.25) is 0 Å². The van der Waals surface area contributed by atoms with Crippen LogP contribution in [0.15, 0.2) is 24.2 Å². The molecule has 1 aliphatic heterocycles. The lowest BCUT2D eigenvalue weighted by Gasteiger charge is -2.09. The molecule has 0 aromatic rings. The normalized spacial score (nSPS) is 13.5. The van der Waals surface area contributed by atoms with Crippen LogP contribution in [0, 0.1) is 11.3 Å². The number of nitrogens with zero attached hydrogens (tertiary/aromatic N) is 1. The Morgan fingerprint density at radius 1 is 1.71 bits per heavy atom. The van der Waals surface area contributed by atoms with Crippen molar-refractivity contribution in [3.05, 3.63) is 24.2 Å². The first-order valence-electron chi connectivity index (χ1n) is 4.14. The number of ether oxygens (including phenoxy) is 2. The maximum absolute atomic E-state index is 10.9. The maximum atomic E-state index is 10.9. The van der Waals surface area contributed by atoms with E-state index in [0.717, 1.165) is 0 Å². The summed E-state index contributed by atoms with van der Waals surface area (Å²) < 4.78 is 9.42. The minimum absolute atomic E-state index is 0.0614. The zero-order chi connectivity index (χ0) is 10.2. The number of rotatable bonds is 3. The second-order valence-electron chi connectivity index (χ2n) is 2.49. The number of nitriles is 1. The predicted octanol–water partition coefficient (Wildman–Crippen LogP) is 1.40. The van der Waals surface area contributed by atoms with E-state index in [1.54, 1.807) is 12.4 Å². The van der Waals surface area contributed by atoms with Gasteiger partial charge in [0.1, 0.15) is 12.4 Å². The summed E-state index contributed by atoms with van der Waals surface area (Å²) in [6, 6.07) is 1.86. The summed E-state index contributed by atoms with van der Waals surface area (Å²) in [5.74, 6) is 0.495. The summed E-state index contributed by atoms with van der Waals surface area (Å²) in [5, 5.41) is 11.0. The van der Waals surface area contributed by atoms with E-state index in [1.165, 1.54) is 0 Å². The Labute approximate surface area is 81.6 Å². The number of hydrogen-bond donors (Lipinski definition) is 1. The Balaban J connectivity index is 2.20. The van der Waals surface area contributed by atoms with Gasteiger partial charge in [0.05, 0.1) is 12.5 Å². The van der Waals surface area contributed by atoms with E-state index in [-0.39, 0.29) is 13.0 Å². The lowest BCUT2D eigenvalue weighted by Crippen LogP contribution is -2.11. The molecule has 14 heavy (non-hydrogen) atoms. The van der Waals surface area contributed by atoms with E-state index in [1.807, 2.05) is 12.1 Å². The van der Waals surface area contributed by atoms with Crippen molar-refractivity contribution < 1.29 is 14.3 Å². The Morgan fingerprint density at radius 3 is 3.21 bits per heavy atom. The average Bonchev–Trinajstić information content (AvgIpc) is 2.20. The third kappa shape index (κ3) is 3.63. The van der Waals surface area contributed by atoms with E-state index in [2.05, 4.69) is 10.1 Å². The summed E-state index contributed by atoms with van der Waals surface area (Å²) in [7, 11) is 0. The monoisotopic (exact) mass is 194 g/mol. The number of carbonyl (C=O) groups is 1. The minimum atomic E-state index is -0.774. The van der Waals surface area contributed by atoms with Crippen molar-refractivity contribution in [2.75, 3.05) is 6.61 Å². The van der Waals surface area contributed by atoms with Gasteiger partial charge in [-0.3, -0.25) is 0 Å². The van der Waals surface area contributed by atoms with Crippen LogP contribution in [-0.4, -0.2) is 12.8 Å². The first-order valence-corrected chi connectivity index (χ1v) is 4.14. The van der Waals surface area contributed by atoms with Gasteiger partial charge in [-0.05, 0) is 6.20 Å². The van der Waals surface area contributed by atoms with Gasteiger partial charge in [0.25, 0.3) is 0 Å². The second kappa shape index (κ2) is 5.65. The van der Waals surface area contributed by atoms with Gasteiger partial charge in [-0.15, -0.1) is 0 Å². The number of nitrogens with one attached hydrogen (secondary N) is 1. The molecule has 5 nitrogen and oxygen atoms in total. The van der Waals surface area contributed by atoms with Crippen LogP contribution in [0.1, 0.15) is 12.8 Å². The van der Waals surface area contributed by atoms with Gasteiger partial charge in [0, 0.05) is 12.6 Å². The maximum Gasteiger partial charge on any atom is 0.513 e. The van der Waals surface area contributed by atoms with Crippen molar-refractivity contribution in [3.63, 3.8) is 0 Å². The van der Waals surface area contributed by atoms with Gasteiger partial charge in [0.2, 0.25) is 0 Å². The van der Waals surface area contributed by atoms with Crippen molar-refractivity contribution >= 4 is 6.16 Å². The Bertz CT molecular complexity index is 302. The van der Waals surface area contributed by atoms with Crippen LogP contribution in [0.3, 0.4) is 0 Å². The number of carbonyl (C=O) groups excluding carboxylic acids is 1. The molecule has 74 valence electrons. The van der Waals surface area contributed by atoms with Gasteiger partial charge >= 0.3 is 6.16 Å². The highest BCUT2D eigenvalue weighted by Crippen LogP contribution is 2.08. The Hall–Kier alpha value is -1.96. The molecule has 5 heteroatoms. The Morgan fingerprint density at radius 2 is 2.57 bits per heavy atom. The minimum Gasteiger partial charge on any atom is -0.433 e. The molecule has 0 aromatic carbocycles. The van der Waals surface area contributed by atoms with Crippen molar-refractivity contribution in [2.24, 2.45) is 0 Å². The quantitative estimate of drug-likeness (QED) is 0.543. The molecular formula is C9H10N2O3. The number of hydrogen-bond acceptors (Lipinski definition) is 5. The zero-order valence-electron chi connectivity index (χ0n) is 7.53. The van der Waals surface area contributed by atoms with Crippen LogP contribution in [0.25, 0.3) is 0 Å². The van der Waals surface area contributed by atoms with E-state index in [0.29, 0.717) is 12.2 Å². The second-order valence-corrected chi connectivity index (χ2v) is 2.49. The highest BCUT2D eigenvalue weighted by molar-refractivity contribution is 5.61. The standard InChI is InChI=1S/C9H10N2O3/c10-4-2-6-13-9(12)14-8-3-1-5-11-7-8/h1,5,7,11H,2-3,6H2. The number of dihydropyridines is 1. The van der Waals surface area contributed by atoms with Crippen LogP contribution in [0.5, 0.6) is 0 Å². The topological polar surface area (TPSA) is 71.3 Å². The van der Waals surface area contributed by atoms with Crippen molar-refractivity contribution in [1.82, 2.24) is 5.32 Å². The molecule has 1 rings (SSSR count). The smallest absolute Gasteiger partial charge is 0.433 e. The zero-order valence-corrected chi connectivity index (χ0v) is 7.53. The van der Waals surface area contributed by atoms with Gasteiger partial charge < -0.3 is 14.8 Å². The van der Waals surface area contributed by atoms with Gasteiger partial charge in [-0.25, -0.2) is 4.79 Å². The molecule has 0 amide bonds. The summed E-state index contributed by atoms with van der Waals surface area (Å²) >= 11 is 0. The average molecular weight is 194 g/mol. The number of allylic oxidation sites excluding steroid dienone is 1. The molecule has 0 spiro atoms. The molecule has 0 saturated heterocycles. The molecule has 1 heterocycles. The fraction of sp³-hybridized carbons (Fsp3) is 0.333. The molecule has 1 aliphatic rings. The first kappa shape index (κ1) is 10.1. The molecule has 0 fully saturated rings. The van der Waals surface area contributed by atoms with Crippen molar-refractivity contribution in [1.29, 1.82) is 5.26 Å². The summed E-state index contributed by atoms with van der Waals surface area (Å²) in [5.41, 5.74) is 0. The highest BCUT2D eigenvalue weighted by Gasteiger charge is 2.08. The summed E-state index contributed by atoms with van der Waals surface area (Å²) in [4.78, 5) is 10.9. The predicted molar refractivity (Wildman–Crippen MR) is 47.6 cm³/mol. The first-order chi connectivity index (χ1) is 6.83. The SMILES string of the molecule is N#CCCOC(=O)OC1=CNC=CC1. The van der Waals surface area contributed by atoms with Gasteiger partial charge in [-0.1, -0.05) is 6.08 Å². The van der Waals surface area contributed by atoms with Crippen LogP contribution >= 0.6 is 0 Å². The molecule has 0 bridgehead atoms. The van der Waals surface area contributed by atoms with Gasteiger partial charge in [-0.2, -0.15) is 5.26 Å². The molecule has 0 aromatic heterocycles. The third-order valence-electron chi connectivity index (χ3n) is 1.43. The summed E-state index contributed by atoms with van der Waals surface area (Å²) in [6.07, 6.45) is 5.09. The largest absolute Gasteiger partial charge is 0.513 e. The van der Waals surface area contributed by atoms with Crippen LogP contribution < -0.4 is 5.32 Å². The lowest BCUT2D eigenvalue weighted by molar-refractivity contribution is 0.0774. The van der Waals surface area contributed by atoms with E-state index >= 15 is 0 Å². The molecular weight excluding hydrogens is 184 g/mol. The van der Waals surface area contributed by atoms with Gasteiger partial charge in [0.15, 0.2) is 0 Å². The fourth-order valence-corrected chi connectivity index (χ4v) is 0.831.